The number of benzene rings is 2. The van der Waals surface area contributed by atoms with Crippen LogP contribution in [0.15, 0.2) is 42.5 Å². The molecule has 1 aliphatic rings. The molecule has 0 radical (unpaired) electrons. The lowest BCUT2D eigenvalue weighted by molar-refractivity contribution is 0.247. The van der Waals surface area contributed by atoms with Crippen molar-refractivity contribution in [3.05, 3.63) is 59.2 Å². The molecule has 0 aromatic heterocycles. The highest BCUT2D eigenvalue weighted by molar-refractivity contribution is 5.89. The Bertz CT molecular complexity index is 763. The molecule has 3 rings (SSSR count). The lowest BCUT2D eigenvalue weighted by atomic mass is 10.1. The highest BCUT2D eigenvalue weighted by atomic mass is 16.5. The first kappa shape index (κ1) is 15.9. The number of urea groups is 1. The number of carbonyl (C=O) groups excluding carboxylic acids is 1. The third kappa shape index (κ3) is 4.05. The molecular formula is C19H19N3O2. The first-order chi connectivity index (χ1) is 11.7. The highest BCUT2D eigenvalue weighted by Crippen LogP contribution is 2.25. The third-order valence-electron chi connectivity index (χ3n) is 4.00. The van der Waals surface area contributed by atoms with Crippen LogP contribution >= 0.6 is 0 Å². The highest BCUT2D eigenvalue weighted by Gasteiger charge is 2.11. The van der Waals surface area contributed by atoms with Crippen LogP contribution in [0, 0.1) is 11.3 Å². The average molecular weight is 321 g/mol. The van der Waals surface area contributed by atoms with Gasteiger partial charge in [-0.1, -0.05) is 6.07 Å². The van der Waals surface area contributed by atoms with Gasteiger partial charge in [0, 0.05) is 5.69 Å². The number of fused-ring (bicyclic) bond motifs is 1. The molecule has 0 atom stereocenters. The Labute approximate surface area is 141 Å². The Hall–Kier alpha value is -3.00. The Morgan fingerprint density at radius 1 is 1.12 bits per heavy atom. The monoisotopic (exact) mass is 321 g/mol. The second-order valence-electron chi connectivity index (χ2n) is 5.70. The van der Waals surface area contributed by atoms with E-state index in [4.69, 9.17) is 10.00 Å². The third-order valence-corrected chi connectivity index (χ3v) is 4.00. The zero-order valence-corrected chi connectivity index (χ0v) is 13.3. The van der Waals surface area contributed by atoms with Gasteiger partial charge in [-0.15, -0.1) is 0 Å². The first-order valence-corrected chi connectivity index (χ1v) is 8.04. The maximum absolute atomic E-state index is 11.8. The zero-order chi connectivity index (χ0) is 16.8. The van der Waals surface area contributed by atoms with Crippen LogP contribution < -0.4 is 15.4 Å². The number of nitrogens with zero attached hydrogens (tertiary/aromatic N) is 1. The molecule has 0 saturated carbocycles. The first-order valence-electron chi connectivity index (χ1n) is 8.04. The second-order valence-corrected chi connectivity index (χ2v) is 5.70. The molecule has 2 amide bonds. The number of aryl methyl sites for hydroxylation is 2. The van der Waals surface area contributed by atoms with Crippen LogP contribution in [-0.4, -0.2) is 19.2 Å². The van der Waals surface area contributed by atoms with Gasteiger partial charge in [0.25, 0.3) is 0 Å². The Balaban J connectivity index is 1.39. The fourth-order valence-electron chi connectivity index (χ4n) is 2.77. The minimum absolute atomic E-state index is 0.294. The normalized spacial score (nSPS) is 12.1. The Kier molecular flexibility index (Phi) is 4.97. The lowest BCUT2D eigenvalue weighted by Gasteiger charge is -2.10. The van der Waals surface area contributed by atoms with Gasteiger partial charge in [-0.05, 0) is 66.8 Å². The average Bonchev–Trinajstić information content (AvgIpc) is 3.07. The molecule has 0 unspecified atom stereocenters. The van der Waals surface area contributed by atoms with Crippen molar-refractivity contribution in [1.29, 1.82) is 5.26 Å². The molecule has 0 saturated heterocycles. The van der Waals surface area contributed by atoms with Gasteiger partial charge >= 0.3 is 6.03 Å². The predicted octanol–water partition coefficient (Wildman–Crippen LogP) is 3.25. The summed E-state index contributed by atoms with van der Waals surface area (Å²) < 4.78 is 5.68. The van der Waals surface area contributed by atoms with Crippen molar-refractivity contribution >= 4 is 11.7 Å². The van der Waals surface area contributed by atoms with Crippen molar-refractivity contribution < 1.29 is 9.53 Å². The van der Waals surface area contributed by atoms with E-state index in [-0.39, 0.29) is 6.03 Å². The SMILES string of the molecule is N#Cc1ccc(NC(=O)NCCOc2ccc3c(c2)CCC3)cc1. The number of hydrogen-bond donors (Lipinski definition) is 2. The van der Waals surface area contributed by atoms with Gasteiger partial charge in [0.2, 0.25) is 0 Å². The summed E-state index contributed by atoms with van der Waals surface area (Å²) in [4.78, 5) is 11.8. The van der Waals surface area contributed by atoms with E-state index < -0.39 is 0 Å². The molecule has 0 aliphatic heterocycles. The molecule has 0 heterocycles. The van der Waals surface area contributed by atoms with E-state index in [2.05, 4.69) is 22.8 Å². The maximum Gasteiger partial charge on any atom is 0.319 e. The van der Waals surface area contributed by atoms with E-state index in [9.17, 15) is 4.79 Å². The molecule has 2 N–H and O–H groups in total. The van der Waals surface area contributed by atoms with Crippen LogP contribution in [0.25, 0.3) is 0 Å². The van der Waals surface area contributed by atoms with Crippen molar-refractivity contribution in [2.75, 3.05) is 18.5 Å². The Morgan fingerprint density at radius 3 is 2.71 bits per heavy atom. The fraction of sp³-hybridized carbons (Fsp3) is 0.263. The summed E-state index contributed by atoms with van der Waals surface area (Å²) in [5.41, 5.74) is 4.00. The van der Waals surface area contributed by atoms with Gasteiger partial charge in [0.15, 0.2) is 0 Å². The predicted molar refractivity (Wildman–Crippen MR) is 92.1 cm³/mol. The van der Waals surface area contributed by atoms with Gasteiger partial charge in [0.1, 0.15) is 12.4 Å². The van der Waals surface area contributed by atoms with Crippen LogP contribution in [0.3, 0.4) is 0 Å². The quantitative estimate of drug-likeness (QED) is 0.830. The standard InChI is InChI=1S/C19H19N3O2/c20-13-14-4-7-17(8-5-14)22-19(23)21-10-11-24-18-9-6-15-2-1-3-16(15)12-18/h4-9,12H,1-3,10-11H2,(H2,21,22,23). The molecule has 0 bridgehead atoms. The summed E-state index contributed by atoms with van der Waals surface area (Å²) in [6.45, 7) is 0.832. The maximum atomic E-state index is 11.8. The van der Waals surface area contributed by atoms with E-state index in [1.54, 1.807) is 24.3 Å². The van der Waals surface area contributed by atoms with Gasteiger partial charge in [0.05, 0.1) is 18.2 Å². The number of nitrogens with one attached hydrogen (secondary N) is 2. The molecule has 0 fully saturated rings. The van der Waals surface area contributed by atoms with Crippen molar-refractivity contribution in [2.24, 2.45) is 0 Å². The molecule has 5 nitrogen and oxygen atoms in total. The number of carbonyl (C=O) groups is 1. The summed E-state index contributed by atoms with van der Waals surface area (Å²) in [5, 5.41) is 14.2. The number of rotatable bonds is 5. The van der Waals surface area contributed by atoms with Gasteiger partial charge in [-0.25, -0.2) is 4.79 Å². The minimum atomic E-state index is -0.294. The number of anilines is 1. The summed E-state index contributed by atoms with van der Waals surface area (Å²) in [7, 11) is 0. The van der Waals surface area contributed by atoms with Crippen molar-refractivity contribution in [3.63, 3.8) is 0 Å². The van der Waals surface area contributed by atoms with Crippen LogP contribution in [-0.2, 0) is 12.8 Å². The smallest absolute Gasteiger partial charge is 0.319 e. The number of ether oxygens (including phenoxy) is 1. The Morgan fingerprint density at radius 2 is 1.92 bits per heavy atom. The van der Waals surface area contributed by atoms with Crippen LogP contribution in [0.1, 0.15) is 23.1 Å². The van der Waals surface area contributed by atoms with Gasteiger partial charge < -0.3 is 15.4 Å². The minimum Gasteiger partial charge on any atom is -0.492 e. The summed E-state index contributed by atoms with van der Waals surface area (Å²) in [6, 6.07) is 14.7. The summed E-state index contributed by atoms with van der Waals surface area (Å²) >= 11 is 0. The van der Waals surface area contributed by atoms with Crippen LogP contribution in [0.5, 0.6) is 5.75 Å². The second kappa shape index (κ2) is 7.51. The van der Waals surface area contributed by atoms with E-state index >= 15 is 0 Å². The molecule has 2 aromatic carbocycles. The lowest BCUT2D eigenvalue weighted by Crippen LogP contribution is -2.32. The van der Waals surface area contributed by atoms with E-state index in [1.165, 1.54) is 17.5 Å². The van der Waals surface area contributed by atoms with E-state index in [1.807, 2.05) is 12.1 Å². The molecular weight excluding hydrogens is 302 g/mol. The van der Waals surface area contributed by atoms with E-state index in [0.29, 0.717) is 24.4 Å². The molecule has 5 heteroatoms. The van der Waals surface area contributed by atoms with Gasteiger partial charge in [-0.3, -0.25) is 0 Å². The summed E-state index contributed by atoms with van der Waals surface area (Å²) in [6.07, 6.45) is 3.50. The fourth-order valence-corrected chi connectivity index (χ4v) is 2.77. The number of nitriles is 1. The van der Waals surface area contributed by atoms with Crippen LogP contribution in [0.2, 0.25) is 0 Å². The topological polar surface area (TPSA) is 74.2 Å². The van der Waals surface area contributed by atoms with Gasteiger partial charge in [-0.2, -0.15) is 5.26 Å². The van der Waals surface area contributed by atoms with Crippen molar-refractivity contribution in [2.45, 2.75) is 19.3 Å². The number of amides is 2. The van der Waals surface area contributed by atoms with Crippen LogP contribution in [0.4, 0.5) is 10.5 Å². The molecule has 2 aromatic rings. The number of hydrogen-bond acceptors (Lipinski definition) is 3. The zero-order valence-electron chi connectivity index (χ0n) is 13.3. The van der Waals surface area contributed by atoms with E-state index in [0.717, 1.165) is 18.6 Å². The van der Waals surface area contributed by atoms with Crippen molar-refractivity contribution in [3.8, 4) is 11.8 Å². The largest absolute Gasteiger partial charge is 0.492 e. The molecule has 0 spiro atoms. The molecule has 1 aliphatic carbocycles. The summed E-state index contributed by atoms with van der Waals surface area (Å²) in [5.74, 6) is 0.852. The van der Waals surface area contributed by atoms with Crippen molar-refractivity contribution in [1.82, 2.24) is 5.32 Å². The molecule has 122 valence electrons. The molecule has 24 heavy (non-hydrogen) atoms.